The second-order valence-electron chi connectivity index (χ2n) is 6.90. The van der Waals surface area contributed by atoms with Crippen LogP contribution in [-0.4, -0.2) is 56.6 Å². The summed E-state index contributed by atoms with van der Waals surface area (Å²) in [5.41, 5.74) is 0.437. The van der Waals surface area contributed by atoms with Gasteiger partial charge in [-0.25, -0.2) is 22.5 Å². The first-order valence-corrected chi connectivity index (χ1v) is 11.5. The molecule has 2 N–H and O–H groups in total. The number of rotatable bonds is 7. The van der Waals surface area contributed by atoms with E-state index in [9.17, 15) is 17.6 Å². The number of nitrogens with one attached hydrogen (secondary N) is 2. The van der Waals surface area contributed by atoms with Crippen LogP contribution in [0.4, 0.5) is 9.52 Å². The summed E-state index contributed by atoms with van der Waals surface area (Å²) in [6, 6.07) is 2.79. The number of thiazole rings is 1. The number of anilines is 1. The number of carbonyl (C=O) groups is 1. The van der Waals surface area contributed by atoms with Crippen molar-refractivity contribution < 1.29 is 22.3 Å². The zero-order valence-electron chi connectivity index (χ0n) is 16.1. The predicted octanol–water partition coefficient (Wildman–Crippen LogP) is 2.05. The molecule has 2 heterocycles. The van der Waals surface area contributed by atoms with Crippen LogP contribution in [0.2, 0.25) is 0 Å². The van der Waals surface area contributed by atoms with Crippen LogP contribution in [0.25, 0.3) is 0 Å². The molecule has 0 saturated carbocycles. The van der Waals surface area contributed by atoms with E-state index in [1.165, 1.54) is 11.3 Å². The van der Waals surface area contributed by atoms with Crippen LogP contribution in [0.1, 0.15) is 29.9 Å². The fraction of sp³-hybridized carbons (Fsp3) is 0.444. The van der Waals surface area contributed by atoms with Gasteiger partial charge in [-0.05, 0) is 32.0 Å². The maximum absolute atomic E-state index is 14.2. The Morgan fingerprint density at radius 3 is 2.76 bits per heavy atom. The summed E-state index contributed by atoms with van der Waals surface area (Å²) in [6.45, 7) is 6.97. The number of ether oxygens (including phenoxy) is 1. The third kappa shape index (κ3) is 5.80. The van der Waals surface area contributed by atoms with E-state index in [0.717, 1.165) is 37.0 Å². The second-order valence-corrected chi connectivity index (χ2v) is 9.48. The lowest BCUT2D eigenvalue weighted by atomic mass is 10.2. The third-order valence-corrected chi connectivity index (χ3v) is 6.61. The number of amides is 1. The van der Waals surface area contributed by atoms with Crippen LogP contribution >= 0.6 is 11.3 Å². The average molecular weight is 443 g/mol. The summed E-state index contributed by atoms with van der Waals surface area (Å²) in [4.78, 5) is 18.9. The SMILES string of the molecule is CC(C)NS(=O)(=O)c1ccc(F)c(C(=O)Nc2nc(CN3CCOCC3)cs2)c1. The Labute approximate surface area is 173 Å². The molecule has 1 aromatic carbocycles. The van der Waals surface area contributed by atoms with Gasteiger partial charge in [-0.15, -0.1) is 11.3 Å². The van der Waals surface area contributed by atoms with Gasteiger partial charge in [0.15, 0.2) is 5.13 Å². The Hall–Kier alpha value is -1.92. The van der Waals surface area contributed by atoms with E-state index >= 15 is 0 Å². The smallest absolute Gasteiger partial charge is 0.260 e. The molecule has 29 heavy (non-hydrogen) atoms. The van der Waals surface area contributed by atoms with E-state index in [-0.39, 0.29) is 16.5 Å². The van der Waals surface area contributed by atoms with Gasteiger partial charge in [-0.2, -0.15) is 0 Å². The van der Waals surface area contributed by atoms with Crippen molar-refractivity contribution in [2.75, 3.05) is 31.6 Å². The van der Waals surface area contributed by atoms with Gasteiger partial charge in [-0.3, -0.25) is 15.0 Å². The minimum absolute atomic E-state index is 0.176. The molecule has 1 aromatic heterocycles. The topological polar surface area (TPSA) is 101 Å². The molecule has 1 amide bonds. The minimum atomic E-state index is -3.84. The van der Waals surface area contributed by atoms with Gasteiger partial charge in [0, 0.05) is 31.1 Å². The molecule has 1 saturated heterocycles. The van der Waals surface area contributed by atoms with Crippen LogP contribution in [-0.2, 0) is 21.3 Å². The first-order valence-electron chi connectivity index (χ1n) is 9.12. The molecule has 158 valence electrons. The van der Waals surface area contributed by atoms with Gasteiger partial charge < -0.3 is 4.74 Å². The number of aromatic nitrogens is 1. The van der Waals surface area contributed by atoms with Crippen molar-refractivity contribution in [2.24, 2.45) is 0 Å². The Morgan fingerprint density at radius 1 is 1.34 bits per heavy atom. The quantitative estimate of drug-likeness (QED) is 0.681. The third-order valence-electron chi connectivity index (χ3n) is 4.15. The lowest BCUT2D eigenvalue weighted by Gasteiger charge is -2.25. The molecule has 8 nitrogen and oxygen atoms in total. The molecule has 1 fully saturated rings. The Bertz CT molecular complexity index is 972. The van der Waals surface area contributed by atoms with Crippen molar-refractivity contribution in [1.29, 1.82) is 0 Å². The van der Waals surface area contributed by atoms with Crippen LogP contribution in [0, 0.1) is 5.82 Å². The minimum Gasteiger partial charge on any atom is -0.379 e. The van der Waals surface area contributed by atoms with Crippen LogP contribution < -0.4 is 10.0 Å². The summed E-state index contributed by atoms with van der Waals surface area (Å²) < 4.78 is 46.5. The Balaban J connectivity index is 1.71. The monoisotopic (exact) mass is 442 g/mol. The first-order chi connectivity index (χ1) is 13.7. The highest BCUT2D eigenvalue weighted by Crippen LogP contribution is 2.21. The maximum Gasteiger partial charge on any atom is 0.260 e. The van der Waals surface area contributed by atoms with Crippen LogP contribution in [0.5, 0.6) is 0 Å². The highest BCUT2D eigenvalue weighted by atomic mass is 32.2. The Kier molecular flexibility index (Phi) is 6.96. The van der Waals surface area contributed by atoms with Crippen molar-refractivity contribution in [1.82, 2.24) is 14.6 Å². The molecule has 1 aliphatic heterocycles. The molecule has 2 aromatic rings. The van der Waals surface area contributed by atoms with Crippen molar-refractivity contribution in [3.63, 3.8) is 0 Å². The number of sulfonamides is 1. The van der Waals surface area contributed by atoms with Gasteiger partial charge in [-0.1, -0.05) is 0 Å². The number of carbonyl (C=O) groups excluding carboxylic acids is 1. The van der Waals surface area contributed by atoms with Gasteiger partial charge >= 0.3 is 0 Å². The molecular formula is C18H23FN4O4S2. The second kappa shape index (κ2) is 9.26. The largest absolute Gasteiger partial charge is 0.379 e. The lowest BCUT2D eigenvalue weighted by Crippen LogP contribution is -2.35. The van der Waals surface area contributed by atoms with Crippen molar-refractivity contribution in [3.8, 4) is 0 Å². The zero-order valence-corrected chi connectivity index (χ0v) is 17.8. The van der Waals surface area contributed by atoms with Gasteiger partial charge in [0.05, 0.1) is 29.4 Å². The predicted molar refractivity (Wildman–Crippen MR) is 108 cm³/mol. The lowest BCUT2D eigenvalue weighted by molar-refractivity contribution is 0.0337. The standard InChI is InChI=1S/C18H23FN4O4S2/c1-12(2)22-29(25,26)14-3-4-16(19)15(9-14)17(24)21-18-20-13(11-28-18)10-23-5-7-27-8-6-23/h3-4,9,11-12,22H,5-8,10H2,1-2H3,(H,20,21,24). The number of hydrogen-bond donors (Lipinski definition) is 2. The number of morpholine rings is 1. The average Bonchev–Trinajstić information content (AvgIpc) is 3.08. The van der Waals surface area contributed by atoms with Crippen LogP contribution in [0.3, 0.4) is 0 Å². The summed E-state index contributed by atoms with van der Waals surface area (Å²) in [5.74, 6) is -1.56. The van der Waals surface area contributed by atoms with E-state index < -0.39 is 21.7 Å². The zero-order chi connectivity index (χ0) is 21.0. The number of hydrogen-bond acceptors (Lipinski definition) is 7. The molecule has 0 aliphatic carbocycles. The highest BCUT2D eigenvalue weighted by molar-refractivity contribution is 7.89. The summed E-state index contributed by atoms with van der Waals surface area (Å²) in [7, 11) is -3.84. The molecule has 11 heteroatoms. The molecule has 0 atom stereocenters. The fourth-order valence-electron chi connectivity index (χ4n) is 2.81. The van der Waals surface area contributed by atoms with E-state index in [4.69, 9.17) is 4.74 Å². The molecular weight excluding hydrogens is 419 g/mol. The van der Waals surface area contributed by atoms with Crippen molar-refractivity contribution >= 4 is 32.4 Å². The maximum atomic E-state index is 14.2. The van der Waals surface area contributed by atoms with Gasteiger partial charge in [0.2, 0.25) is 10.0 Å². The summed E-state index contributed by atoms with van der Waals surface area (Å²) in [5, 5.41) is 4.70. The van der Waals surface area contributed by atoms with Crippen molar-refractivity contribution in [3.05, 3.63) is 40.7 Å². The highest BCUT2D eigenvalue weighted by Gasteiger charge is 2.21. The molecule has 3 rings (SSSR count). The number of benzene rings is 1. The fourth-order valence-corrected chi connectivity index (χ4v) is 4.79. The molecule has 0 spiro atoms. The molecule has 0 bridgehead atoms. The van der Waals surface area contributed by atoms with Gasteiger partial charge in [0.25, 0.3) is 5.91 Å². The summed E-state index contributed by atoms with van der Waals surface area (Å²) in [6.07, 6.45) is 0. The van der Waals surface area contributed by atoms with E-state index in [0.29, 0.717) is 24.9 Å². The van der Waals surface area contributed by atoms with Gasteiger partial charge in [0.1, 0.15) is 5.82 Å². The van der Waals surface area contributed by atoms with E-state index in [1.54, 1.807) is 13.8 Å². The number of nitrogens with zero attached hydrogens (tertiary/aromatic N) is 2. The Morgan fingerprint density at radius 2 is 2.07 bits per heavy atom. The molecule has 0 unspecified atom stereocenters. The number of halogens is 1. The summed E-state index contributed by atoms with van der Waals surface area (Å²) >= 11 is 1.23. The van der Waals surface area contributed by atoms with E-state index in [1.807, 2.05) is 5.38 Å². The first kappa shape index (κ1) is 21.8. The van der Waals surface area contributed by atoms with E-state index in [2.05, 4.69) is 19.9 Å². The van der Waals surface area contributed by atoms with Crippen LogP contribution in [0.15, 0.2) is 28.5 Å². The molecule has 1 aliphatic rings. The normalized spacial score (nSPS) is 15.6. The molecule has 0 radical (unpaired) electrons. The van der Waals surface area contributed by atoms with Crippen molar-refractivity contribution in [2.45, 2.75) is 31.3 Å².